The number of benzene rings is 2. The van der Waals surface area contributed by atoms with E-state index in [0.717, 1.165) is 48.4 Å². The summed E-state index contributed by atoms with van der Waals surface area (Å²) in [5.41, 5.74) is 1.79. The lowest BCUT2D eigenvalue weighted by Crippen LogP contribution is -2.37. The van der Waals surface area contributed by atoms with E-state index in [1.165, 1.54) is 17.1 Å². The molecule has 2 aromatic carbocycles. The predicted octanol–water partition coefficient (Wildman–Crippen LogP) is 7.03. The van der Waals surface area contributed by atoms with Crippen molar-refractivity contribution in [3.05, 3.63) is 59.1 Å². The Hall–Kier alpha value is -2.39. The normalized spacial score (nSPS) is 18.2. The summed E-state index contributed by atoms with van der Waals surface area (Å²) < 4.78 is 40.9. The zero-order valence-electron chi connectivity index (χ0n) is 18.3. The van der Waals surface area contributed by atoms with E-state index in [2.05, 4.69) is 28.3 Å². The van der Waals surface area contributed by atoms with Gasteiger partial charge in [0.05, 0.1) is 12.3 Å². The van der Waals surface area contributed by atoms with Crippen LogP contribution in [0.15, 0.2) is 53.6 Å². The van der Waals surface area contributed by atoms with Gasteiger partial charge in [-0.2, -0.15) is 16.9 Å². The average molecular weight is 500 g/mol. The molecule has 0 spiro atoms. The smallest absolute Gasteiger partial charge is 0.406 e. The standard InChI is InChI=1S/C23H25ClF3N3O2S/c1-3-22(13-4-14-33-2)15-30(29-20(22)16-5-7-17(24)8-6-16)21(31)28-18-9-11-19(12-10-18)32-23(25,26)27/h5-12H,3-4,13-15H2,1-2H3,(H,28,31). The Morgan fingerprint density at radius 3 is 2.45 bits per heavy atom. The number of nitrogens with one attached hydrogen (secondary N) is 1. The van der Waals surface area contributed by atoms with Gasteiger partial charge in [-0.15, -0.1) is 13.2 Å². The molecule has 1 heterocycles. The maximum Gasteiger partial charge on any atom is 0.573 e. The van der Waals surface area contributed by atoms with E-state index in [0.29, 0.717) is 17.3 Å². The summed E-state index contributed by atoms with van der Waals surface area (Å²) in [5, 5.41) is 9.39. The van der Waals surface area contributed by atoms with E-state index in [1.54, 1.807) is 23.9 Å². The molecular formula is C23H25ClF3N3O2S. The Morgan fingerprint density at radius 2 is 1.88 bits per heavy atom. The molecule has 0 radical (unpaired) electrons. The van der Waals surface area contributed by atoms with Crippen LogP contribution >= 0.6 is 23.4 Å². The van der Waals surface area contributed by atoms with Crippen LogP contribution in [-0.4, -0.2) is 41.7 Å². The van der Waals surface area contributed by atoms with Gasteiger partial charge in [-0.3, -0.25) is 0 Å². The number of nitrogens with zero attached hydrogens (tertiary/aromatic N) is 2. The van der Waals surface area contributed by atoms with Crippen LogP contribution in [0.5, 0.6) is 5.75 Å². The number of amides is 2. The van der Waals surface area contributed by atoms with E-state index in [1.807, 2.05) is 12.1 Å². The molecule has 0 aliphatic carbocycles. The fraction of sp³-hybridized carbons (Fsp3) is 0.391. The molecule has 0 bridgehead atoms. The summed E-state index contributed by atoms with van der Waals surface area (Å²) in [4.78, 5) is 13.0. The number of anilines is 1. The van der Waals surface area contributed by atoms with Crippen LogP contribution in [0, 0.1) is 5.41 Å². The highest BCUT2D eigenvalue weighted by atomic mass is 35.5. The molecule has 178 valence electrons. The number of urea groups is 1. The molecule has 10 heteroatoms. The van der Waals surface area contributed by atoms with Gasteiger partial charge in [-0.1, -0.05) is 30.7 Å². The summed E-state index contributed by atoms with van der Waals surface area (Å²) in [7, 11) is 0. The van der Waals surface area contributed by atoms with Crippen molar-refractivity contribution in [3.8, 4) is 5.75 Å². The molecule has 1 unspecified atom stereocenters. The second kappa shape index (κ2) is 10.7. The molecule has 2 amide bonds. The molecule has 1 aliphatic rings. The van der Waals surface area contributed by atoms with E-state index in [9.17, 15) is 18.0 Å². The molecule has 1 aliphatic heterocycles. The number of rotatable bonds is 8. The summed E-state index contributed by atoms with van der Waals surface area (Å²) in [6.45, 7) is 2.50. The second-order valence-corrected chi connectivity index (χ2v) is 9.17. The monoisotopic (exact) mass is 499 g/mol. The predicted molar refractivity (Wildman–Crippen MR) is 127 cm³/mol. The molecule has 5 nitrogen and oxygen atoms in total. The molecule has 3 rings (SSSR count). The molecule has 0 aromatic heterocycles. The maximum atomic E-state index is 13.0. The fourth-order valence-electron chi connectivity index (χ4n) is 3.85. The highest BCUT2D eigenvalue weighted by molar-refractivity contribution is 7.98. The van der Waals surface area contributed by atoms with Crippen molar-refractivity contribution in [2.24, 2.45) is 10.5 Å². The lowest BCUT2D eigenvalue weighted by Gasteiger charge is -2.30. The molecule has 33 heavy (non-hydrogen) atoms. The zero-order valence-corrected chi connectivity index (χ0v) is 19.9. The molecule has 0 saturated carbocycles. The molecule has 0 fully saturated rings. The van der Waals surface area contributed by atoms with Crippen LogP contribution in [0.25, 0.3) is 0 Å². The van der Waals surface area contributed by atoms with Crippen LogP contribution in [0.3, 0.4) is 0 Å². The first-order chi connectivity index (χ1) is 15.7. The van der Waals surface area contributed by atoms with Gasteiger partial charge in [-0.25, -0.2) is 9.80 Å². The number of alkyl halides is 3. The SMILES string of the molecule is CCC1(CCCSC)CN(C(=O)Nc2ccc(OC(F)(F)F)cc2)N=C1c1ccc(Cl)cc1. The van der Waals surface area contributed by atoms with Crippen LogP contribution < -0.4 is 10.1 Å². The third kappa shape index (κ3) is 6.57. The van der Waals surface area contributed by atoms with Crippen molar-refractivity contribution in [2.75, 3.05) is 23.9 Å². The minimum atomic E-state index is -4.77. The van der Waals surface area contributed by atoms with Gasteiger partial charge in [0.2, 0.25) is 0 Å². The number of carbonyl (C=O) groups excluding carboxylic acids is 1. The van der Waals surface area contributed by atoms with Crippen molar-refractivity contribution in [1.82, 2.24) is 5.01 Å². The van der Waals surface area contributed by atoms with Crippen molar-refractivity contribution >= 4 is 40.8 Å². The number of thioether (sulfide) groups is 1. The van der Waals surface area contributed by atoms with Gasteiger partial charge in [0.15, 0.2) is 0 Å². The van der Waals surface area contributed by atoms with E-state index < -0.39 is 12.4 Å². The van der Waals surface area contributed by atoms with Gasteiger partial charge in [0.25, 0.3) is 0 Å². The van der Waals surface area contributed by atoms with E-state index in [4.69, 9.17) is 11.6 Å². The van der Waals surface area contributed by atoms with E-state index in [-0.39, 0.29) is 11.2 Å². The largest absolute Gasteiger partial charge is 0.573 e. The molecule has 1 N–H and O–H groups in total. The Morgan fingerprint density at radius 1 is 1.21 bits per heavy atom. The minimum Gasteiger partial charge on any atom is -0.406 e. The van der Waals surface area contributed by atoms with Gasteiger partial charge in [0.1, 0.15) is 5.75 Å². The summed E-state index contributed by atoms with van der Waals surface area (Å²) >= 11 is 7.83. The van der Waals surface area contributed by atoms with Crippen molar-refractivity contribution < 1.29 is 22.7 Å². The lowest BCUT2D eigenvalue weighted by molar-refractivity contribution is -0.274. The second-order valence-electron chi connectivity index (χ2n) is 7.75. The third-order valence-corrected chi connectivity index (χ3v) is 6.50. The zero-order chi connectivity index (χ0) is 24.1. The van der Waals surface area contributed by atoms with Gasteiger partial charge < -0.3 is 10.1 Å². The Balaban J connectivity index is 1.80. The molecular weight excluding hydrogens is 475 g/mol. The summed E-state index contributed by atoms with van der Waals surface area (Å²) in [5.74, 6) is 0.650. The first kappa shape index (κ1) is 25.2. The number of ether oxygens (including phenoxy) is 1. The average Bonchev–Trinajstić information content (AvgIpc) is 3.15. The van der Waals surface area contributed by atoms with Crippen molar-refractivity contribution in [2.45, 2.75) is 32.5 Å². The van der Waals surface area contributed by atoms with Crippen LogP contribution in [0.4, 0.5) is 23.7 Å². The highest BCUT2D eigenvalue weighted by Gasteiger charge is 2.43. The molecule has 2 aromatic rings. The van der Waals surface area contributed by atoms with Crippen LogP contribution in [0.2, 0.25) is 5.02 Å². The maximum absolute atomic E-state index is 13.0. The quantitative estimate of drug-likeness (QED) is 0.397. The first-order valence-electron chi connectivity index (χ1n) is 10.4. The topological polar surface area (TPSA) is 53.9 Å². The van der Waals surface area contributed by atoms with Crippen molar-refractivity contribution in [3.63, 3.8) is 0 Å². The van der Waals surface area contributed by atoms with Gasteiger partial charge in [-0.05, 0) is 73.2 Å². The van der Waals surface area contributed by atoms with E-state index >= 15 is 0 Å². The summed E-state index contributed by atoms with van der Waals surface area (Å²) in [6.07, 6.45) is -0.0496. The van der Waals surface area contributed by atoms with Crippen LogP contribution in [0.1, 0.15) is 31.7 Å². The first-order valence-corrected chi connectivity index (χ1v) is 12.2. The highest BCUT2D eigenvalue weighted by Crippen LogP contribution is 2.39. The lowest BCUT2D eigenvalue weighted by atomic mass is 9.74. The fourth-order valence-corrected chi connectivity index (χ4v) is 4.41. The minimum absolute atomic E-state index is 0.300. The van der Waals surface area contributed by atoms with Gasteiger partial charge in [0, 0.05) is 16.1 Å². The Labute approximate surface area is 200 Å². The Kier molecular flexibility index (Phi) is 8.18. The van der Waals surface area contributed by atoms with Gasteiger partial charge >= 0.3 is 12.4 Å². The summed E-state index contributed by atoms with van der Waals surface area (Å²) in [6, 6.07) is 12.0. The molecule has 1 atom stereocenters. The number of halogens is 4. The number of hydrazone groups is 1. The van der Waals surface area contributed by atoms with Crippen LogP contribution in [-0.2, 0) is 0 Å². The molecule has 0 saturated heterocycles. The number of hydrogen-bond acceptors (Lipinski definition) is 4. The number of hydrogen-bond donors (Lipinski definition) is 1. The number of carbonyl (C=O) groups is 1. The van der Waals surface area contributed by atoms with Crippen molar-refractivity contribution in [1.29, 1.82) is 0 Å². The third-order valence-electron chi connectivity index (χ3n) is 5.55. The Bertz CT molecular complexity index is 984.